The van der Waals surface area contributed by atoms with Gasteiger partial charge in [-0.3, -0.25) is 4.98 Å². The number of hydrogen-bond acceptors (Lipinski definition) is 3. The van der Waals surface area contributed by atoms with Crippen LogP contribution in [0.1, 0.15) is 31.7 Å². The van der Waals surface area contributed by atoms with Crippen LogP contribution in [0.25, 0.3) is 0 Å². The number of pyridine rings is 1. The first kappa shape index (κ1) is 13.5. The number of rotatable bonds is 6. The zero-order chi connectivity index (χ0) is 12.8. The van der Waals surface area contributed by atoms with Crippen LogP contribution in [-0.4, -0.2) is 42.1 Å². The van der Waals surface area contributed by atoms with Crippen LogP contribution in [0, 0.1) is 0 Å². The Balaban J connectivity index is 1.79. The zero-order valence-corrected chi connectivity index (χ0v) is 11.7. The Kier molecular flexibility index (Phi) is 4.72. The maximum Gasteiger partial charge on any atom is 0.0306 e. The van der Waals surface area contributed by atoms with Gasteiger partial charge in [0, 0.05) is 31.0 Å². The van der Waals surface area contributed by atoms with E-state index in [9.17, 15) is 0 Å². The van der Waals surface area contributed by atoms with Gasteiger partial charge in [-0.2, -0.15) is 0 Å². The van der Waals surface area contributed by atoms with Crippen molar-refractivity contribution in [2.45, 2.75) is 38.1 Å². The fraction of sp³-hybridized carbons (Fsp3) is 0.667. The van der Waals surface area contributed by atoms with Crippen molar-refractivity contribution in [3.8, 4) is 0 Å². The van der Waals surface area contributed by atoms with Gasteiger partial charge in [-0.1, -0.05) is 6.92 Å². The average Bonchev–Trinajstić information content (AvgIpc) is 2.87. The van der Waals surface area contributed by atoms with E-state index in [1.54, 1.807) is 0 Å². The highest BCUT2D eigenvalue weighted by Crippen LogP contribution is 2.23. The van der Waals surface area contributed by atoms with E-state index in [0.717, 1.165) is 19.5 Å². The molecule has 1 aliphatic heterocycles. The number of nitrogens with one attached hydrogen (secondary N) is 1. The van der Waals surface area contributed by atoms with Gasteiger partial charge in [-0.15, -0.1) is 0 Å². The van der Waals surface area contributed by atoms with E-state index in [1.165, 1.54) is 31.4 Å². The van der Waals surface area contributed by atoms with E-state index in [4.69, 9.17) is 0 Å². The summed E-state index contributed by atoms with van der Waals surface area (Å²) < 4.78 is 0. The van der Waals surface area contributed by atoms with E-state index in [0.29, 0.717) is 5.54 Å². The predicted octanol–water partition coefficient (Wildman–Crippen LogP) is 2.09. The average molecular weight is 247 g/mol. The quantitative estimate of drug-likeness (QED) is 0.834. The van der Waals surface area contributed by atoms with E-state index in [-0.39, 0.29) is 0 Å². The minimum atomic E-state index is 0.368. The monoisotopic (exact) mass is 247 g/mol. The first-order valence-electron chi connectivity index (χ1n) is 7.06. The summed E-state index contributed by atoms with van der Waals surface area (Å²) in [5, 5.41) is 3.70. The number of likely N-dealkylation sites (N-methyl/N-ethyl adjacent to an activating group) is 1. The molecule has 1 atom stereocenters. The Hall–Kier alpha value is -0.930. The molecule has 1 aromatic rings. The van der Waals surface area contributed by atoms with Gasteiger partial charge < -0.3 is 10.2 Å². The van der Waals surface area contributed by atoms with Crippen molar-refractivity contribution in [2.75, 3.05) is 26.7 Å². The maximum atomic E-state index is 4.06. The molecular weight excluding hydrogens is 222 g/mol. The van der Waals surface area contributed by atoms with E-state index in [1.807, 2.05) is 12.4 Å². The minimum absolute atomic E-state index is 0.368. The smallest absolute Gasteiger partial charge is 0.0306 e. The zero-order valence-electron chi connectivity index (χ0n) is 11.7. The van der Waals surface area contributed by atoms with Crippen molar-refractivity contribution >= 4 is 0 Å². The molecule has 3 nitrogen and oxygen atoms in total. The van der Waals surface area contributed by atoms with Crippen LogP contribution < -0.4 is 5.32 Å². The maximum absolute atomic E-state index is 4.06. The highest BCUT2D eigenvalue weighted by molar-refractivity contribution is 5.10. The lowest BCUT2D eigenvalue weighted by Crippen LogP contribution is -2.48. The van der Waals surface area contributed by atoms with Crippen molar-refractivity contribution in [3.63, 3.8) is 0 Å². The van der Waals surface area contributed by atoms with Gasteiger partial charge in [0.1, 0.15) is 0 Å². The Labute approximate surface area is 111 Å². The third kappa shape index (κ3) is 3.53. The van der Waals surface area contributed by atoms with Gasteiger partial charge in [0.2, 0.25) is 0 Å². The highest BCUT2D eigenvalue weighted by Gasteiger charge is 2.32. The third-order valence-corrected chi connectivity index (χ3v) is 4.11. The first-order valence-corrected chi connectivity index (χ1v) is 7.06. The van der Waals surface area contributed by atoms with Crippen LogP contribution in [0.5, 0.6) is 0 Å². The van der Waals surface area contributed by atoms with Crippen LogP contribution in [0.2, 0.25) is 0 Å². The fourth-order valence-electron chi connectivity index (χ4n) is 2.88. The SMILES string of the molecule is CCC1(CN(C)CCc2ccncc2)CCCN1. The molecule has 0 aliphatic carbocycles. The van der Waals surface area contributed by atoms with Crippen LogP contribution >= 0.6 is 0 Å². The van der Waals surface area contributed by atoms with Gasteiger partial charge >= 0.3 is 0 Å². The molecule has 0 amide bonds. The van der Waals surface area contributed by atoms with E-state index >= 15 is 0 Å². The molecule has 0 aromatic carbocycles. The van der Waals surface area contributed by atoms with Crippen molar-refractivity contribution in [3.05, 3.63) is 30.1 Å². The van der Waals surface area contributed by atoms with Gasteiger partial charge in [0.05, 0.1) is 0 Å². The fourth-order valence-corrected chi connectivity index (χ4v) is 2.88. The predicted molar refractivity (Wildman–Crippen MR) is 75.7 cm³/mol. The summed E-state index contributed by atoms with van der Waals surface area (Å²) >= 11 is 0. The third-order valence-electron chi connectivity index (χ3n) is 4.11. The molecule has 3 heteroatoms. The van der Waals surface area contributed by atoms with Crippen LogP contribution in [0.15, 0.2) is 24.5 Å². The summed E-state index contributed by atoms with van der Waals surface area (Å²) in [6, 6.07) is 4.22. The van der Waals surface area contributed by atoms with Crippen molar-refractivity contribution in [1.82, 2.24) is 15.2 Å². The van der Waals surface area contributed by atoms with Gasteiger partial charge in [-0.25, -0.2) is 0 Å². The molecule has 0 spiro atoms. The number of aromatic nitrogens is 1. The molecule has 0 bridgehead atoms. The molecule has 1 unspecified atom stereocenters. The molecule has 18 heavy (non-hydrogen) atoms. The second-order valence-electron chi connectivity index (χ2n) is 5.51. The number of hydrogen-bond donors (Lipinski definition) is 1. The Morgan fingerprint density at radius 3 is 2.78 bits per heavy atom. The summed E-state index contributed by atoms with van der Waals surface area (Å²) in [6.45, 7) is 5.77. The van der Waals surface area contributed by atoms with Crippen molar-refractivity contribution in [2.24, 2.45) is 0 Å². The largest absolute Gasteiger partial charge is 0.310 e. The minimum Gasteiger partial charge on any atom is -0.310 e. The lowest BCUT2D eigenvalue weighted by atomic mass is 9.93. The molecular formula is C15H25N3. The second-order valence-corrected chi connectivity index (χ2v) is 5.51. The molecule has 1 aromatic heterocycles. The van der Waals surface area contributed by atoms with Crippen LogP contribution in [0.4, 0.5) is 0 Å². The molecule has 0 saturated carbocycles. The second kappa shape index (κ2) is 6.30. The standard InChI is InChI=1S/C15H25N3/c1-3-15(8-4-9-17-15)13-18(2)12-7-14-5-10-16-11-6-14/h5-6,10-11,17H,3-4,7-9,12-13H2,1-2H3. The summed E-state index contributed by atoms with van der Waals surface area (Å²) in [6.07, 6.45) is 8.74. The normalized spacial score (nSPS) is 23.7. The summed E-state index contributed by atoms with van der Waals surface area (Å²) in [5.74, 6) is 0. The summed E-state index contributed by atoms with van der Waals surface area (Å²) in [5.41, 5.74) is 1.74. The van der Waals surface area contributed by atoms with Crippen molar-refractivity contribution < 1.29 is 0 Å². The molecule has 1 saturated heterocycles. The molecule has 2 heterocycles. The van der Waals surface area contributed by atoms with E-state index in [2.05, 4.69) is 41.3 Å². The molecule has 100 valence electrons. The summed E-state index contributed by atoms with van der Waals surface area (Å²) in [7, 11) is 2.23. The summed E-state index contributed by atoms with van der Waals surface area (Å²) in [4.78, 5) is 6.52. The topological polar surface area (TPSA) is 28.2 Å². The van der Waals surface area contributed by atoms with Crippen LogP contribution in [0.3, 0.4) is 0 Å². The van der Waals surface area contributed by atoms with Gasteiger partial charge in [-0.05, 0) is 57.0 Å². The molecule has 0 radical (unpaired) electrons. The van der Waals surface area contributed by atoms with Crippen molar-refractivity contribution in [1.29, 1.82) is 0 Å². The molecule has 1 N–H and O–H groups in total. The lowest BCUT2D eigenvalue weighted by Gasteiger charge is -2.33. The van der Waals surface area contributed by atoms with Crippen LogP contribution in [-0.2, 0) is 6.42 Å². The molecule has 1 fully saturated rings. The first-order chi connectivity index (χ1) is 8.74. The van der Waals surface area contributed by atoms with E-state index < -0.39 is 0 Å². The Morgan fingerprint density at radius 1 is 1.39 bits per heavy atom. The highest BCUT2D eigenvalue weighted by atomic mass is 15.2. The molecule has 2 rings (SSSR count). The Morgan fingerprint density at radius 2 is 2.17 bits per heavy atom. The Bertz CT molecular complexity index is 344. The lowest BCUT2D eigenvalue weighted by molar-refractivity contribution is 0.221. The van der Waals surface area contributed by atoms with Gasteiger partial charge in [0.15, 0.2) is 0 Å². The van der Waals surface area contributed by atoms with Gasteiger partial charge in [0.25, 0.3) is 0 Å². The number of nitrogens with zero attached hydrogens (tertiary/aromatic N) is 2. The molecule has 1 aliphatic rings.